The first kappa shape index (κ1) is 27.0. The summed E-state index contributed by atoms with van der Waals surface area (Å²) in [6.07, 6.45) is 4.29. The van der Waals surface area contributed by atoms with Crippen molar-refractivity contribution in [2.75, 3.05) is 17.4 Å². The van der Waals surface area contributed by atoms with Crippen molar-refractivity contribution in [1.29, 1.82) is 0 Å². The quantitative estimate of drug-likeness (QED) is 0.542. The van der Waals surface area contributed by atoms with E-state index in [1.54, 1.807) is 25.7 Å². The molecule has 0 bridgehead atoms. The molecule has 0 spiro atoms. The van der Waals surface area contributed by atoms with Crippen LogP contribution in [0.1, 0.15) is 51.2 Å². The van der Waals surface area contributed by atoms with Crippen molar-refractivity contribution in [3.05, 3.63) is 65.5 Å². The minimum atomic E-state index is -4.31. The van der Waals surface area contributed by atoms with Gasteiger partial charge in [-0.05, 0) is 56.4 Å². The van der Waals surface area contributed by atoms with Crippen molar-refractivity contribution in [3.63, 3.8) is 0 Å². The first-order chi connectivity index (χ1) is 18.4. The minimum Gasteiger partial charge on any atom is -0.487 e. The number of hydrogen-bond acceptors (Lipinski definition) is 6. The lowest BCUT2D eigenvalue weighted by atomic mass is 10.0. The lowest BCUT2D eigenvalue weighted by molar-refractivity contribution is -0.117. The maximum Gasteiger partial charge on any atom is 0.411 e. The van der Waals surface area contributed by atoms with Crippen LogP contribution in [0.25, 0.3) is 5.57 Å². The molecule has 1 unspecified atom stereocenters. The van der Waals surface area contributed by atoms with Crippen molar-refractivity contribution >= 4 is 33.5 Å². The molecule has 208 valence electrons. The zero-order valence-corrected chi connectivity index (χ0v) is 23.0. The predicted octanol–water partition coefficient (Wildman–Crippen LogP) is 4.39. The Hall–Kier alpha value is -3.60. The van der Waals surface area contributed by atoms with Crippen LogP contribution >= 0.6 is 0 Å². The highest BCUT2D eigenvalue weighted by Crippen LogP contribution is 2.42. The van der Waals surface area contributed by atoms with Gasteiger partial charge in [-0.1, -0.05) is 49.2 Å². The Labute approximate surface area is 227 Å². The third-order valence-electron chi connectivity index (χ3n) is 6.77. The molecule has 39 heavy (non-hydrogen) atoms. The molecular formula is C28H32FN3O6S. The van der Waals surface area contributed by atoms with Crippen LogP contribution in [0.5, 0.6) is 5.75 Å². The molecule has 1 N–H and O–H groups in total. The monoisotopic (exact) mass is 557 g/mol. The minimum absolute atomic E-state index is 0.0164. The van der Waals surface area contributed by atoms with E-state index in [1.165, 1.54) is 12.1 Å². The van der Waals surface area contributed by atoms with Crippen molar-refractivity contribution in [2.24, 2.45) is 5.92 Å². The van der Waals surface area contributed by atoms with E-state index in [4.69, 9.17) is 9.47 Å². The van der Waals surface area contributed by atoms with Gasteiger partial charge in [-0.15, -0.1) is 0 Å². The van der Waals surface area contributed by atoms with Gasteiger partial charge in [0, 0.05) is 5.56 Å². The van der Waals surface area contributed by atoms with Crippen LogP contribution in [0.2, 0.25) is 0 Å². The lowest BCUT2D eigenvalue weighted by Gasteiger charge is -2.29. The van der Waals surface area contributed by atoms with E-state index in [0.29, 0.717) is 15.8 Å². The van der Waals surface area contributed by atoms with Crippen molar-refractivity contribution < 1.29 is 31.9 Å². The maximum atomic E-state index is 16.3. The highest BCUT2D eigenvalue weighted by molar-refractivity contribution is 7.92. The number of carbonyl (C=O) groups is 2. The lowest BCUT2D eigenvalue weighted by Crippen LogP contribution is -2.40. The number of nitrogens with zero attached hydrogens (tertiary/aromatic N) is 2. The number of benzene rings is 2. The Kier molecular flexibility index (Phi) is 7.04. The molecule has 1 saturated carbocycles. The first-order valence-corrected chi connectivity index (χ1v) is 14.4. The van der Waals surface area contributed by atoms with Gasteiger partial charge in [0.05, 0.1) is 12.6 Å². The van der Waals surface area contributed by atoms with E-state index < -0.39 is 40.2 Å². The van der Waals surface area contributed by atoms with Crippen LogP contribution in [-0.2, 0) is 26.3 Å². The van der Waals surface area contributed by atoms with Gasteiger partial charge < -0.3 is 9.47 Å². The Bertz CT molecular complexity index is 1420. The molecule has 1 atom stereocenters. The van der Waals surface area contributed by atoms with Crippen molar-refractivity contribution in [3.8, 4) is 5.75 Å². The topological polar surface area (TPSA) is 105 Å². The number of carbonyl (C=O) groups excluding carboxylic acids is 2. The van der Waals surface area contributed by atoms with E-state index >= 15 is 4.39 Å². The Balaban J connectivity index is 1.51. The fourth-order valence-corrected chi connectivity index (χ4v) is 5.95. The smallest absolute Gasteiger partial charge is 0.411 e. The van der Waals surface area contributed by atoms with Gasteiger partial charge in [0.2, 0.25) is 0 Å². The maximum absolute atomic E-state index is 16.3. The van der Waals surface area contributed by atoms with E-state index in [0.717, 1.165) is 24.8 Å². The SMILES string of the molecule is CC(C)(C)OC(=O)N1CC(c2ccc(OCc3ccccc3)c(N3CC(=O)NS3(=O)=O)c2F)=CC1CC1CC1. The molecule has 0 radical (unpaired) electrons. The first-order valence-electron chi connectivity index (χ1n) is 12.9. The third-order valence-corrected chi connectivity index (χ3v) is 8.14. The predicted molar refractivity (Wildman–Crippen MR) is 144 cm³/mol. The van der Waals surface area contributed by atoms with E-state index in [2.05, 4.69) is 0 Å². The second kappa shape index (κ2) is 10.2. The van der Waals surface area contributed by atoms with Crippen LogP contribution in [0, 0.1) is 11.7 Å². The number of ether oxygens (including phenoxy) is 2. The molecule has 5 rings (SSSR count). The van der Waals surface area contributed by atoms with Gasteiger partial charge >= 0.3 is 16.3 Å². The summed E-state index contributed by atoms with van der Waals surface area (Å²) in [5.41, 5.74) is 0.441. The van der Waals surface area contributed by atoms with Gasteiger partial charge in [0.25, 0.3) is 5.91 Å². The molecular weight excluding hydrogens is 525 g/mol. The summed E-state index contributed by atoms with van der Waals surface area (Å²) >= 11 is 0. The van der Waals surface area contributed by atoms with Crippen molar-refractivity contribution in [1.82, 2.24) is 9.62 Å². The second-order valence-corrected chi connectivity index (χ2v) is 12.7. The summed E-state index contributed by atoms with van der Waals surface area (Å²) < 4.78 is 55.9. The molecule has 11 heteroatoms. The van der Waals surface area contributed by atoms with Gasteiger partial charge in [0.15, 0.2) is 5.82 Å². The summed E-state index contributed by atoms with van der Waals surface area (Å²) in [6, 6.07) is 11.9. The normalized spacial score (nSPS) is 20.6. The molecule has 2 fully saturated rings. The summed E-state index contributed by atoms with van der Waals surface area (Å²) in [7, 11) is -4.31. The molecule has 9 nitrogen and oxygen atoms in total. The van der Waals surface area contributed by atoms with Crippen molar-refractivity contribution in [2.45, 2.75) is 58.3 Å². The average molecular weight is 558 g/mol. The van der Waals surface area contributed by atoms with Gasteiger partial charge in [-0.25, -0.2) is 18.2 Å². The van der Waals surface area contributed by atoms with Gasteiger partial charge in [-0.2, -0.15) is 8.42 Å². The number of nitrogens with one attached hydrogen (secondary N) is 1. The van der Waals surface area contributed by atoms with Gasteiger partial charge in [0.1, 0.15) is 30.2 Å². The molecule has 2 aliphatic heterocycles. The molecule has 3 aliphatic rings. The van der Waals surface area contributed by atoms with Crippen LogP contribution in [0.15, 0.2) is 48.5 Å². The Morgan fingerprint density at radius 1 is 1.10 bits per heavy atom. The summed E-state index contributed by atoms with van der Waals surface area (Å²) in [5.74, 6) is -1.13. The second-order valence-electron chi connectivity index (χ2n) is 11.1. The van der Waals surface area contributed by atoms with Crippen LogP contribution < -0.4 is 13.8 Å². The summed E-state index contributed by atoms with van der Waals surface area (Å²) in [4.78, 5) is 26.6. The number of hydrogen-bond donors (Lipinski definition) is 1. The van der Waals surface area contributed by atoms with Crippen LogP contribution in [0.4, 0.5) is 14.9 Å². The molecule has 2 aromatic rings. The number of halogens is 1. The largest absolute Gasteiger partial charge is 0.487 e. The third kappa shape index (κ3) is 6.03. The molecule has 1 saturated heterocycles. The highest BCUT2D eigenvalue weighted by Gasteiger charge is 2.40. The average Bonchev–Trinajstić information content (AvgIpc) is 3.49. The molecule has 2 amide bonds. The van der Waals surface area contributed by atoms with E-state index in [1.807, 2.05) is 41.1 Å². The number of rotatable bonds is 7. The van der Waals surface area contributed by atoms with E-state index in [-0.39, 0.29) is 36.2 Å². The number of amides is 2. The zero-order valence-electron chi connectivity index (χ0n) is 22.1. The van der Waals surface area contributed by atoms with Gasteiger partial charge in [-0.3, -0.25) is 9.69 Å². The Morgan fingerprint density at radius 3 is 2.44 bits per heavy atom. The van der Waals surface area contributed by atoms with Crippen LogP contribution in [-0.4, -0.2) is 50.1 Å². The molecule has 2 heterocycles. The molecule has 2 aromatic carbocycles. The summed E-state index contributed by atoms with van der Waals surface area (Å²) in [5, 5.41) is 0. The zero-order chi connectivity index (χ0) is 27.9. The fraction of sp³-hybridized carbons (Fsp3) is 0.429. The fourth-order valence-electron chi connectivity index (χ4n) is 4.79. The molecule has 0 aromatic heterocycles. The Morgan fingerprint density at radius 2 is 1.82 bits per heavy atom. The van der Waals surface area contributed by atoms with E-state index in [9.17, 15) is 18.0 Å². The summed E-state index contributed by atoms with van der Waals surface area (Å²) in [6.45, 7) is 4.97. The standard InChI is InChI=1S/C28H32FN3O6S/c1-28(2,3)38-27(34)31-15-20(14-21(31)13-18-9-10-18)22-11-12-23(37-17-19-7-5-4-6-8-19)26(25(22)29)32-16-24(33)30-39(32,35)36/h4-8,11-12,14,18,21H,9-10,13,15-17H2,1-3H3,(H,30,33). The highest BCUT2D eigenvalue weighted by atomic mass is 32.2. The number of anilines is 1. The molecule has 1 aliphatic carbocycles. The van der Waals surface area contributed by atoms with Crippen LogP contribution in [0.3, 0.4) is 0 Å².